The molecular weight excluding hydrogens is 455 g/mol. The Kier molecular flexibility index (Phi) is 9.07. The van der Waals surface area contributed by atoms with Gasteiger partial charge in [-0.2, -0.15) is 13.2 Å². The van der Waals surface area contributed by atoms with Crippen LogP contribution in [0.4, 0.5) is 24.7 Å². The molecule has 0 radical (unpaired) electrons. The molecule has 1 aromatic heterocycles. The first kappa shape index (κ1) is 26.8. The van der Waals surface area contributed by atoms with Crippen molar-refractivity contribution in [3.05, 3.63) is 35.4 Å². The van der Waals surface area contributed by atoms with Gasteiger partial charge >= 0.3 is 6.18 Å². The van der Waals surface area contributed by atoms with Crippen LogP contribution in [0.3, 0.4) is 0 Å². The number of nitrogens with zero attached hydrogens (tertiary/aromatic N) is 3. The molecule has 11 heteroatoms. The van der Waals surface area contributed by atoms with Gasteiger partial charge in [0.25, 0.3) is 0 Å². The highest BCUT2D eigenvalue weighted by Gasteiger charge is 2.31. The zero-order chi connectivity index (χ0) is 24.8. The quantitative estimate of drug-likeness (QED) is 0.634. The van der Waals surface area contributed by atoms with Crippen LogP contribution in [0, 0.1) is 6.92 Å². The molecule has 0 aliphatic carbocycles. The van der Waals surface area contributed by atoms with E-state index in [0.29, 0.717) is 11.6 Å². The second-order valence-corrected chi connectivity index (χ2v) is 10.0. The molecule has 1 aliphatic rings. The minimum Gasteiger partial charge on any atom is -0.382 e. The van der Waals surface area contributed by atoms with E-state index in [4.69, 9.17) is 5.73 Å². The first-order chi connectivity index (χ1) is 15.3. The van der Waals surface area contributed by atoms with E-state index in [1.54, 1.807) is 6.92 Å². The average molecular weight is 488 g/mol. The van der Waals surface area contributed by atoms with Crippen LogP contribution < -0.4 is 10.5 Å². The van der Waals surface area contributed by atoms with Gasteiger partial charge in [0.15, 0.2) is 0 Å². The number of alkyl halides is 3. The highest BCUT2D eigenvalue weighted by atomic mass is 32.2. The molecule has 33 heavy (non-hydrogen) atoms. The summed E-state index contributed by atoms with van der Waals surface area (Å²) in [5, 5.41) is 7.49. The summed E-state index contributed by atoms with van der Waals surface area (Å²) in [7, 11) is -3.78. The molecule has 1 aromatic carbocycles. The third-order valence-electron chi connectivity index (χ3n) is 5.51. The lowest BCUT2D eigenvalue weighted by Crippen LogP contribution is -2.36. The van der Waals surface area contributed by atoms with Crippen LogP contribution in [0.1, 0.15) is 50.7 Å². The fraction of sp³-hybridized carbons (Fsp3) is 0.545. The number of hydrogen-bond acceptors (Lipinski definition) is 6. The zero-order valence-corrected chi connectivity index (χ0v) is 20.2. The Labute approximate surface area is 193 Å². The van der Waals surface area contributed by atoms with Gasteiger partial charge in [-0.15, -0.1) is 10.2 Å². The molecule has 3 rings (SSSR count). The number of likely N-dealkylation sites (tertiary alicyclic amines) is 1. The fourth-order valence-corrected chi connectivity index (χ4v) is 4.17. The molecule has 2 heterocycles. The summed E-state index contributed by atoms with van der Waals surface area (Å²) >= 11 is 0. The van der Waals surface area contributed by atoms with Gasteiger partial charge in [0.1, 0.15) is 5.82 Å². The zero-order valence-electron chi connectivity index (χ0n) is 19.4. The SMILES string of the molecule is CCC(C)N1CCCCC1.Cc1cc(N)nnc1-c1ccc(C(F)(F)F)cc1NS(C)(=O)=O. The summed E-state index contributed by atoms with van der Waals surface area (Å²) in [4.78, 5) is 2.61. The van der Waals surface area contributed by atoms with Crippen LogP contribution in [0.15, 0.2) is 24.3 Å². The average Bonchev–Trinajstić information content (AvgIpc) is 2.73. The molecule has 3 N–H and O–H groups in total. The number of hydrogen-bond donors (Lipinski definition) is 2. The first-order valence-corrected chi connectivity index (χ1v) is 12.7. The Morgan fingerprint density at radius 2 is 1.79 bits per heavy atom. The van der Waals surface area contributed by atoms with E-state index in [1.165, 1.54) is 44.8 Å². The molecule has 1 aliphatic heterocycles. The van der Waals surface area contributed by atoms with Crippen LogP contribution in [-0.2, 0) is 16.2 Å². The van der Waals surface area contributed by atoms with Gasteiger partial charge in [-0.25, -0.2) is 8.42 Å². The number of aromatic nitrogens is 2. The van der Waals surface area contributed by atoms with E-state index >= 15 is 0 Å². The van der Waals surface area contributed by atoms with Crippen molar-refractivity contribution in [3.63, 3.8) is 0 Å². The monoisotopic (exact) mass is 487 g/mol. The molecule has 1 fully saturated rings. The van der Waals surface area contributed by atoms with Crippen molar-refractivity contribution in [2.75, 3.05) is 29.8 Å². The van der Waals surface area contributed by atoms with E-state index in [0.717, 1.165) is 24.4 Å². The largest absolute Gasteiger partial charge is 0.416 e. The van der Waals surface area contributed by atoms with Crippen molar-refractivity contribution >= 4 is 21.5 Å². The van der Waals surface area contributed by atoms with Gasteiger partial charge in [0, 0.05) is 11.6 Å². The van der Waals surface area contributed by atoms with Crippen molar-refractivity contribution in [1.82, 2.24) is 15.1 Å². The lowest BCUT2D eigenvalue weighted by Gasteiger charge is -2.31. The third-order valence-corrected chi connectivity index (χ3v) is 6.10. The maximum atomic E-state index is 12.8. The van der Waals surface area contributed by atoms with Crippen molar-refractivity contribution < 1.29 is 21.6 Å². The maximum Gasteiger partial charge on any atom is 0.416 e. The smallest absolute Gasteiger partial charge is 0.382 e. The summed E-state index contributed by atoms with van der Waals surface area (Å²) in [6, 6.07) is 5.02. The Morgan fingerprint density at radius 3 is 2.30 bits per heavy atom. The van der Waals surface area contributed by atoms with Crippen LogP contribution in [0.2, 0.25) is 0 Å². The summed E-state index contributed by atoms with van der Waals surface area (Å²) in [6.45, 7) is 8.94. The number of anilines is 2. The molecular formula is C22H32F3N5O2S. The fourth-order valence-electron chi connectivity index (χ4n) is 3.60. The van der Waals surface area contributed by atoms with Gasteiger partial charge in [0.05, 0.1) is 23.2 Å². The highest BCUT2D eigenvalue weighted by molar-refractivity contribution is 7.92. The minimum absolute atomic E-state index is 0.149. The summed E-state index contributed by atoms with van der Waals surface area (Å²) in [5.74, 6) is 0.149. The number of nitrogens with two attached hydrogens (primary N) is 1. The molecule has 7 nitrogen and oxygen atoms in total. The predicted octanol–water partition coefficient (Wildman–Crippen LogP) is 4.70. The topological polar surface area (TPSA) is 101 Å². The van der Waals surface area contributed by atoms with Crippen molar-refractivity contribution in [2.45, 2.75) is 58.7 Å². The molecule has 0 bridgehead atoms. The van der Waals surface area contributed by atoms with Gasteiger partial charge in [-0.05, 0) is 70.0 Å². The summed E-state index contributed by atoms with van der Waals surface area (Å²) in [5.41, 5.74) is 5.24. The number of halogens is 3. The van der Waals surface area contributed by atoms with Gasteiger partial charge in [0.2, 0.25) is 10.0 Å². The minimum atomic E-state index is -4.60. The van der Waals surface area contributed by atoms with E-state index < -0.39 is 21.8 Å². The standard InChI is InChI=1S/C13H13F3N4O2S.C9H19N/c1-7-5-11(17)18-19-12(7)9-4-3-8(13(14,15)16)6-10(9)20-23(2,21)22;1-3-9(2)10-7-5-4-6-8-10/h3-6,20H,1-2H3,(H2,17,18);9H,3-8H2,1-2H3. The molecule has 1 unspecified atom stereocenters. The Morgan fingerprint density at radius 1 is 1.15 bits per heavy atom. The molecule has 0 amide bonds. The summed E-state index contributed by atoms with van der Waals surface area (Å²) < 4.78 is 63.5. The predicted molar refractivity (Wildman–Crippen MR) is 125 cm³/mol. The van der Waals surface area contributed by atoms with Crippen LogP contribution in [-0.4, -0.2) is 48.9 Å². The van der Waals surface area contributed by atoms with E-state index in [-0.39, 0.29) is 22.8 Å². The lowest BCUT2D eigenvalue weighted by molar-refractivity contribution is -0.137. The van der Waals surface area contributed by atoms with Crippen molar-refractivity contribution in [2.24, 2.45) is 0 Å². The van der Waals surface area contributed by atoms with E-state index in [1.807, 2.05) is 0 Å². The van der Waals surface area contributed by atoms with E-state index in [2.05, 4.69) is 33.7 Å². The van der Waals surface area contributed by atoms with Crippen LogP contribution >= 0.6 is 0 Å². The number of sulfonamides is 1. The Bertz CT molecular complexity index is 1040. The van der Waals surface area contributed by atoms with Crippen LogP contribution in [0.5, 0.6) is 0 Å². The maximum absolute atomic E-state index is 12.8. The number of benzene rings is 1. The molecule has 1 saturated heterocycles. The first-order valence-electron chi connectivity index (χ1n) is 10.8. The number of nitrogens with one attached hydrogen (secondary N) is 1. The number of aryl methyl sites for hydroxylation is 1. The molecule has 184 valence electrons. The summed E-state index contributed by atoms with van der Waals surface area (Å²) in [6.07, 6.45) is 1.84. The number of nitrogen functional groups attached to an aromatic ring is 1. The Balaban J connectivity index is 0.000000321. The van der Waals surface area contributed by atoms with Gasteiger partial charge in [-0.3, -0.25) is 4.72 Å². The molecule has 2 aromatic rings. The second-order valence-electron chi connectivity index (χ2n) is 8.29. The second kappa shape index (κ2) is 11.1. The third kappa shape index (κ3) is 8.15. The molecule has 0 spiro atoms. The molecule has 0 saturated carbocycles. The molecule has 1 atom stereocenters. The lowest BCUT2D eigenvalue weighted by atomic mass is 10.0. The van der Waals surface area contributed by atoms with Gasteiger partial charge in [-0.1, -0.05) is 19.4 Å². The van der Waals surface area contributed by atoms with Crippen LogP contribution in [0.25, 0.3) is 11.3 Å². The number of piperidine rings is 1. The van der Waals surface area contributed by atoms with E-state index in [9.17, 15) is 21.6 Å². The van der Waals surface area contributed by atoms with Crippen molar-refractivity contribution in [1.29, 1.82) is 0 Å². The normalized spacial score (nSPS) is 16.0. The highest BCUT2D eigenvalue weighted by Crippen LogP contribution is 2.36. The number of rotatable bonds is 5. The van der Waals surface area contributed by atoms with Gasteiger partial charge < -0.3 is 10.6 Å². The van der Waals surface area contributed by atoms with Crippen molar-refractivity contribution in [3.8, 4) is 11.3 Å². The Hall–Kier alpha value is -2.40.